The molecule has 0 saturated heterocycles. The Morgan fingerprint density at radius 2 is 1.27 bits per heavy atom. The molecule has 0 atom stereocenters. The quantitative estimate of drug-likeness (QED) is 0.163. The third-order valence-corrected chi connectivity index (χ3v) is 8.27. The molecule has 0 N–H and O–H groups in total. The van der Waals surface area contributed by atoms with E-state index in [-0.39, 0.29) is 20.1 Å². The second-order valence-electron chi connectivity index (χ2n) is 11.4. The number of rotatable bonds is 5. The summed E-state index contributed by atoms with van der Waals surface area (Å²) in [6, 6.07) is 55.8. The van der Waals surface area contributed by atoms with Gasteiger partial charge < -0.3 is 14.4 Å². The molecule has 0 fully saturated rings. The molecular weight excluding hydrogens is 765 g/mol. The first-order chi connectivity index (χ1) is 23.1. The first kappa shape index (κ1) is 32.5. The molecule has 0 bridgehead atoms. The molecule has 0 aliphatic carbocycles. The number of fused-ring (bicyclic) bond motifs is 1. The second kappa shape index (κ2) is 15.0. The fraction of sp³-hybridized carbons (Fsp3) is 0.0455. The van der Waals surface area contributed by atoms with Gasteiger partial charge in [0, 0.05) is 43.4 Å². The van der Waals surface area contributed by atoms with E-state index < -0.39 is 0 Å². The van der Waals surface area contributed by atoms with Crippen molar-refractivity contribution in [3.63, 3.8) is 0 Å². The van der Waals surface area contributed by atoms with Crippen molar-refractivity contribution in [2.24, 2.45) is 0 Å². The van der Waals surface area contributed by atoms with Gasteiger partial charge in [0.25, 0.3) is 0 Å². The van der Waals surface area contributed by atoms with Crippen LogP contribution < -0.4 is 0 Å². The van der Waals surface area contributed by atoms with Gasteiger partial charge in [-0.15, -0.1) is 65.2 Å². The van der Waals surface area contributed by atoms with E-state index in [2.05, 4.69) is 115 Å². The first-order valence-corrected chi connectivity index (χ1v) is 15.7. The maximum absolute atomic E-state index is 6.19. The van der Waals surface area contributed by atoms with E-state index in [1.165, 1.54) is 27.8 Å². The number of hydrogen-bond acceptors (Lipinski definition) is 3. The van der Waals surface area contributed by atoms with Gasteiger partial charge in [0.2, 0.25) is 0 Å². The Bertz CT molecular complexity index is 2210. The molecule has 48 heavy (non-hydrogen) atoms. The Hall–Kier alpha value is -5.41. The van der Waals surface area contributed by atoms with Crippen LogP contribution in [0, 0.1) is 26.0 Å². The average Bonchev–Trinajstić information content (AvgIpc) is 3.60. The Kier molecular flexibility index (Phi) is 10.2. The predicted octanol–water partition coefficient (Wildman–Crippen LogP) is 11.5. The molecule has 4 heteroatoms. The Morgan fingerprint density at radius 3 is 2.00 bits per heavy atom. The van der Waals surface area contributed by atoms with Gasteiger partial charge in [-0.1, -0.05) is 97.4 Å². The van der Waals surface area contributed by atoms with Gasteiger partial charge >= 0.3 is 0 Å². The van der Waals surface area contributed by atoms with Gasteiger partial charge in [0.1, 0.15) is 11.3 Å². The van der Waals surface area contributed by atoms with E-state index >= 15 is 0 Å². The summed E-state index contributed by atoms with van der Waals surface area (Å²) in [5, 5.41) is 1.14. The van der Waals surface area contributed by atoms with Crippen molar-refractivity contribution in [2.45, 2.75) is 13.8 Å². The van der Waals surface area contributed by atoms with Crippen molar-refractivity contribution in [3.05, 3.63) is 181 Å². The van der Waals surface area contributed by atoms with E-state index in [0.29, 0.717) is 0 Å². The summed E-state index contributed by atoms with van der Waals surface area (Å²) in [5.41, 5.74) is 13.0. The number of benzene rings is 5. The Morgan fingerprint density at radius 1 is 0.542 bits per heavy atom. The topological polar surface area (TPSA) is 38.9 Å². The molecule has 8 rings (SSSR count). The van der Waals surface area contributed by atoms with Gasteiger partial charge in [-0.2, -0.15) is 0 Å². The van der Waals surface area contributed by atoms with E-state index in [4.69, 9.17) is 4.42 Å². The first-order valence-electron chi connectivity index (χ1n) is 15.7. The standard InChI is InChI=1S/C33H24NO.C11H8N.Ir/c1-22-13-14-27(31-20-26(17-18-34-31)24-9-5-3-6-10-24)19-29(22)28-15-16-32-30(23(28)2)21-33(35-32)25-11-7-4-8-12-25;1-2-6-10(7-3-1)11-8-4-5-9-12-11;/h3-13,15-21H,1-2H3;1-6,8-9H;/q2*-1;. The summed E-state index contributed by atoms with van der Waals surface area (Å²) in [6.07, 6.45) is 3.66. The zero-order chi connectivity index (χ0) is 32.0. The van der Waals surface area contributed by atoms with Crippen molar-refractivity contribution in [1.82, 2.24) is 9.97 Å². The maximum atomic E-state index is 6.19. The number of aryl methyl sites for hydroxylation is 2. The maximum Gasteiger partial charge on any atom is 0.135 e. The smallest absolute Gasteiger partial charge is 0.135 e. The normalized spacial score (nSPS) is 10.5. The van der Waals surface area contributed by atoms with E-state index in [1.807, 2.05) is 72.9 Å². The molecule has 3 nitrogen and oxygen atoms in total. The number of nitrogens with zero attached hydrogens (tertiary/aromatic N) is 2. The summed E-state index contributed by atoms with van der Waals surface area (Å²) in [5.74, 6) is 0.890. The minimum absolute atomic E-state index is 0. The third kappa shape index (κ3) is 7.11. The number of furan rings is 1. The van der Waals surface area contributed by atoms with Crippen LogP contribution in [-0.2, 0) is 20.1 Å². The zero-order valence-electron chi connectivity index (χ0n) is 26.6. The average molecular weight is 797 g/mol. The largest absolute Gasteiger partial charge is 0.456 e. The second-order valence-corrected chi connectivity index (χ2v) is 11.4. The number of hydrogen-bond donors (Lipinski definition) is 0. The summed E-state index contributed by atoms with van der Waals surface area (Å²) in [6.45, 7) is 4.31. The molecule has 0 aliphatic heterocycles. The van der Waals surface area contributed by atoms with Gasteiger partial charge in [-0.3, -0.25) is 0 Å². The molecule has 0 unspecified atom stereocenters. The van der Waals surface area contributed by atoms with Crippen LogP contribution in [0.1, 0.15) is 11.1 Å². The van der Waals surface area contributed by atoms with Crippen LogP contribution in [0.4, 0.5) is 0 Å². The third-order valence-electron chi connectivity index (χ3n) is 8.27. The van der Waals surface area contributed by atoms with Gasteiger partial charge in [-0.25, -0.2) is 0 Å². The molecule has 0 saturated carbocycles. The molecule has 5 aromatic carbocycles. The van der Waals surface area contributed by atoms with Crippen LogP contribution >= 0.6 is 0 Å². The summed E-state index contributed by atoms with van der Waals surface area (Å²) < 4.78 is 6.19. The zero-order valence-corrected chi connectivity index (χ0v) is 29.0. The fourth-order valence-corrected chi connectivity index (χ4v) is 5.75. The molecule has 0 aliphatic rings. The predicted molar refractivity (Wildman–Crippen MR) is 193 cm³/mol. The molecule has 0 spiro atoms. The minimum atomic E-state index is 0. The SMILES string of the molecule is Cc1c[c-]c(-c2cc(-c3ccccc3)ccn2)cc1-c1ccc2oc(-c3ccccc3)cc2c1C.[Ir].[c-]1ccccc1-c1ccccn1. The van der Waals surface area contributed by atoms with Gasteiger partial charge in [-0.05, 0) is 64.8 Å². The Labute approximate surface area is 295 Å². The van der Waals surface area contributed by atoms with Crippen LogP contribution in [0.15, 0.2) is 162 Å². The van der Waals surface area contributed by atoms with Crippen molar-refractivity contribution < 1.29 is 24.5 Å². The summed E-state index contributed by atoms with van der Waals surface area (Å²) in [4.78, 5) is 8.88. The molecule has 0 amide bonds. The van der Waals surface area contributed by atoms with Crippen LogP contribution in [0.3, 0.4) is 0 Å². The molecule has 1 radical (unpaired) electrons. The van der Waals surface area contributed by atoms with Crippen molar-refractivity contribution in [1.29, 1.82) is 0 Å². The van der Waals surface area contributed by atoms with Crippen LogP contribution in [0.25, 0.3) is 67.1 Å². The molecular formula is C44H32IrN2O-2. The number of pyridine rings is 2. The summed E-state index contributed by atoms with van der Waals surface area (Å²) in [7, 11) is 0. The number of aromatic nitrogens is 2. The molecule has 3 aromatic heterocycles. The monoisotopic (exact) mass is 797 g/mol. The summed E-state index contributed by atoms with van der Waals surface area (Å²) >= 11 is 0. The van der Waals surface area contributed by atoms with Crippen LogP contribution in [0.2, 0.25) is 0 Å². The van der Waals surface area contributed by atoms with Gasteiger partial charge in [0.15, 0.2) is 0 Å². The fourth-order valence-electron chi connectivity index (χ4n) is 5.75. The Balaban J connectivity index is 0.000000260. The van der Waals surface area contributed by atoms with Gasteiger partial charge in [0.05, 0.1) is 0 Å². The van der Waals surface area contributed by atoms with E-state index in [0.717, 1.165) is 50.4 Å². The molecule has 8 aromatic rings. The molecule has 3 heterocycles. The van der Waals surface area contributed by atoms with Crippen LogP contribution in [-0.4, -0.2) is 9.97 Å². The minimum Gasteiger partial charge on any atom is -0.456 e. The van der Waals surface area contributed by atoms with E-state index in [1.54, 1.807) is 6.20 Å². The molecule has 235 valence electrons. The van der Waals surface area contributed by atoms with E-state index in [9.17, 15) is 0 Å². The van der Waals surface area contributed by atoms with Crippen molar-refractivity contribution >= 4 is 11.0 Å². The van der Waals surface area contributed by atoms with Crippen molar-refractivity contribution in [2.75, 3.05) is 0 Å². The van der Waals surface area contributed by atoms with Crippen LogP contribution in [0.5, 0.6) is 0 Å². The van der Waals surface area contributed by atoms with Crippen molar-refractivity contribution in [3.8, 4) is 56.1 Å².